The molecule has 126 valence electrons. The van der Waals surface area contributed by atoms with E-state index in [0.29, 0.717) is 18.1 Å². The lowest BCUT2D eigenvalue weighted by molar-refractivity contribution is 0.494. The Labute approximate surface area is 144 Å². The number of hydrogen-bond donors (Lipinski definition) is 1. The van der Waals surface area contributed by atoms with Crippen molar-refractivity contribution >= 4 is 22.5 Å². The lowest BCUT2D eigenvalue weighted by Gasteiger charge is -2.08. The van der Waals surface area contributed by atoms with E-state index in [0.717, 1.165) is 28.1 Å². The number of hydrogen-bond acceptors (Lipinski definition) is 4. The first-order chi connectivity index (χ1) is 12.1. The number of aryl methyl sites for hydroxylation is 1. The fourth-order valence-corrected chi connectivity index (χ4v) is 3.01. The molecule has 0 amide bonds. The monoisotopic (exact) mass is 336 g/mol. The van der Waals surface area contributed by atoms with Gasteiger partial charge in [0.25, 0.3) is 0 Å². The van der Waals surface area contributed by atoms with Gasteiger partial charge in [-0.2, -0.15) is 0 Å². The van der Waals surface area contributed by atoms with Crippen LogP contribution in [-0.4, -0.2) is 14.5 Å². The fourth-order valence-electron chi connectivity index (χ4n) is 3.01. The topological polar surface area (TPSA) is 55.9 Å². The maximum Gasteiger partial charge on any atom is 0.146 e. The van der Waals surface area contributed by atoms with Gasteiger partial charge in [0.2, 0.25) is 0 Å². The van der Waals surface area contributed by atoms with Crippen molar-refractivity contribution in [3.05, 3.63) is 71.8 Å². The summed E-state index contributed by atoms with van der Waals surface area (Å²) < 4.78 is 21.5. The highest BCUT2D eigenvalue weighted by molar-refractivity contribution is 5.93. The molecule has 0 bridgehead atoms. The van der Waals surface area contributed by atoms with Crippen LogP contribution in [0.15, 0.2) is 53.4 Å². The molecule has 0 aliphatic carbocycles. The van der Waals surface area contributed by atoms with Crippen LogP contribution in [-0.2, 0) is 6.54 Å². The Morgan fingerprint density at radius 3 is 2.72 bits per heavy atom. The van der Waals surface area contributed by atoms with Crippen molar-refractivity contribution in [3.8, 4) is 0 Å². The summed E-state index contributed by atoms with van der Waals surface area (Å²) in [6.07, 6.45) is 3.15. The van der Waals surface area contributed by atoms with Gasteiger partial charge in [0.15, 0.2) is 0 Å². The van der Waals surface area contributed by atoms with Crippen LogP contribution in [0.3, 0.4) is 0 Å². The van der Waals surface area contributed by atoms with E-state index in [9.17, 15) is 4.39 Å². The predicted molar refractivity (Wildman–Crippen MR) is 94.5 cm³/mol. The van der Waals surface area contributed by atoms with E-state index in [1.165, 1.54) is 12.4 Å². The van der Waals surface area contributed by atoms with Gasteiger partial charge in [-0.25, -0.2) is 14.4 Å². The maximum absolute atomic E-state index is 14.0. The van der Waals surface area contributed by atoms with Crippen LogP contribution < -0.4 is 5.32 Å². The Morgan fingerprint density at radius 1 is 1.12 bits per heavy atom. The van der Waals surface area contributed by atoms with E-state index in [-0.39, 0.29) is 5.82 Å². The Hall–Kier alpha value is -3.15. The molecular formula is C19H17FN4O. The lowest BCUT2D eigenvalue weighted by Crippen LogP contribution is -2.03. The number of benzene rings is 1. The Balaban J connectivity index is 1.83. The van der Waals surface area contributed by atoms with Crippen molar-refractivity contribution in [1.82, 2.24) is 14.5 Å². The molecule has 0 saturated carbocycles. The van der Waals surface area contributed by atoms with Gasteiger partial charge in [-0.15, -0.1) is 0 Å². The number of fused-ring (bicyclic) bond motifs is 1. The highest BCUT2D eigenvalue weighted by Gasteiger charge is 2.18. The lowest BCUT2D eigenvalue weighted by atomic mass is 10.2. The summed E-state index contributed by atoms with van der Waals surface area (Å²) in [5, 5.41) is 3.98. The van der Waals surface area contributed by atoms with Gasteiger partial charge >= 0.3 is 0 Å². The van der Waals surface area contributed by atoms with E-state index in [4.69, 9.17) is 4.42 Å². The van der Waals surface area contributed by atoms with Gasteiger partial charge in [-0.3, -0.25) is 0 Å². The van der Waals surface area contributed by atoms with E-state index < -0.39 is 0 Å². The summed E-state index contributed by atoms with van der Waals surface area (Å²) in [4.78, 5) is 8.77. The molecule has 25 heavy (non-hydrogen) atoms. The fraction of sp³-hybridized carbons (Fsp3) is 0.158. The van der Waals surface area contributed by atoms with Crippen LogP contribution in [0.2, 0.25) is 0 Å². The Morgan fingerprint density at radius 2 is 1.96 bits per heavy atom. The zero-order valence-electron chi connectivity index (χ0n) is 14.0. The van der Waals surface area contributed by atoms with Crippen molar-refractivity contribution in [2.45, 2.75) is 20.4 Å². The van der Waals surface area contributed by atoms with Crippen molar-refractivity contribution in [2.75, 3.05) is 5.32 Å². The number of aromatic nitrogens is 3. The van der Waals surface area contributed by atoms with Crippen LogP contribution >= 0.6 is 0 Å². The molecule has 0 aliphatic heterocycles. The molecule has 0 spiro atoms. The zero-order valence-corrected chi connectivity index (χ0v) is 14.0. The molecule has 4 aromatic rings. The van der Waals surface area contributed by atoms with E-state index >= 15 is 0 Å². The van der Waals surface area contributed by atoms with Gasteiger partial charge < -0.3 is 14.3 Å². The van der Waals surface area contributed by atoms with Crippen molar-refractivity contribution in [1.29, 1.82) is 0 Å². The van der Waals surface area contributed by atoms with Gasteiger partial charge in [0.05, 0.1) is 23.9 Å². The molecule has 0 atom stereocenters. The van der Waals surface area contributed by atoms with Crippen LogP contribution in [0.1, 0.15) is 17.0 Å². The molecule has 3 aromatic heterocycles. The molecule has 0 radical (unpaired) electrons. The summed E-state index contributed by atoms with van der Waals surface area (Å²) in [5.74, 6) is 1.12. The summed E-state index contributed by atoms with van der Waals surface area (Å²) in [6, 6.07) is 10.3. The molecule has 1 aromatic carbocycles. The molecule has 0 fully saturated rings. The molecule has 0 saturated heterocycles. The molecule has 6 heteroatoms. The van der Waals surface area contributed by atoms with Gasteiger partial charge in [0.1, 0.15) is 29.4 Å². The highest BCUT2D eigenvalue weighted by Crippen LogP contribution is 2.31. The second-order valence-electron chi connectivity index (χ2n) is 5.90. The van der Waals surface area contributed by atoms with E-state index in [1.807, 2.05) is 26.0 Å². The number of nitrogens with zero attached hydrogens (tertiary/aromatic N) is 3. The molecular weight excluding hydrogens is 319 g/mol. The van der Waals surface area contributed by atoms with E-state index in [2.05, 4.69) is 19.9 Å². The highest BCUT2D eigenvalue weighted by atomic mass is 19.1. The number of para-hydroxylation sites is 1. The molecule has 5 nitrogen and oxygen atoms in total. The van der Waals surface area contributed by atoms with Gasteiger partial charge in [-0.05, 0) is 43.7 Å². The minimum Gasteiger partial charge on any atom is -0.467 e. The zero-order chi connectivity index (χ0) is 17.4. The number of anilines is 2. The summed E-state index contributed by atoms with van der Waals surface area (Å²) in [5.41, 5.74) is 3.31. The Bertz CT molecular complexity index is 1040. The molecule has 0 aliphatic rings. The predicted octanol–water partition coefficient (Wildman–Crippen LogP) is 4.57. The summed E-state index contributed by atoms with van der Waals surface area (Å²) >= 11 is 0. The molecule has 1 N–H and O–H groups in total. The van der Waals surface area contributed by atoms with Crippen LogP contribution in [0.25, 0.3) is 11.0 Å². The number of furan rings is 1. The third-order valence-corrected chi connectivity index (χ3v) is 4.43. The molecule has 0 unspecified atom stereocenters. The van der Waals surface area contributed by atoms with Gasteiger partial charge in [0, 0.05) is 5.69 Å². The second-order valence-corrected chi connectivity index (χ2v) is 5.90. The quantitative estimate of drug-likeness (QED) is 0.593. The first-order valence-electron chi connectivity index (χ1n) is 7.99. The van der Waals surface area contributed by atoms with Crippen LogP contribution in [0.4, 0.5) is 15.9 Å². The third-order valence-electron chi connectivity index (χ3n) is 4.43. The van der Waals surface area contributed by atoms with Crippen molar-refractivity contribution in [2.24, 2.45) is 0 Å². The van der Waals surface area contributed by atoms with Crippen molar-refractivity contribution in [3.63, 3.8) is 0 Å². The number of rotatable bonds is 4. The van der Waals surface area contributed by atoms with Crippen LogP contribution in [0.5, 0.6) is 0 Å². The van der Waals surface area contributed by atoms with Crippen LogP contribution in [0, 0.1) is 19.7 Å². The van der Waals surface area contributed by atoms with Gasteiger partial charge in [-0.1, -0.05) is 12.1 Å². The Kier molecular flexibility index (Phi) is 3.72. The largest absolute Gasteiger partial charge is 0.467 e. The first-order valence-corrected chi connectivity index (χ1v) is 7.99. The number of nitrogens with one attached hydrogen (secondary N) is 1. The molecule has 4 rings (SSSR count). The maximum atomic E-state index is 14.0. The normalized spacial score (nSPS) is 11.2. The van der Waals surface area contributed by atoms with Crippen molar-refractivity contribution < 1.29 is 8.81 Å². The minimum absolute atomic E-state index is 0.321. The first kappa shape index (κ1) is 15.4. The standard InChI is InChI=1S/C19H17FN4O/c1-12-13(2)24(10-14-6-5-9-25-14)19-17(12)18(21-11-22-19)23-16-8-4-3-7-15(16)20/h3-9,11H,10H2,1-2H3,(H,21,22,23). The minimum atomic E-state index is -0.321. The number of halogens is 1. The second kappa shape index (κ2) is 6.05. The average Bonchev–Trinajstić information content (AvgIpc) is 3.21. The summed E-state index contributed by atoms with van der Waals surface area (Å²) in [6.45, 7) is 4.64. The smallest absolute Gasteiger partial charge is 0.146 e. The molecule has 3 heterocycles. The third kappa shape index (κ3) is 2.65. The summed E-state index contributed by atoms with van der Waals surface area (Å²) in [7, 11) is 0. The van der Waals surface area contributed by atoms with E-state index in [1.54, 1.807) is 24.5 Å². The SMILES string of the molecule is Cc1c(C)n(Cc2ccco2)c2ncnc(Nc3ccccc3F)c12. The average molecular weight is 336 g/mol.